The number of nitrogens with zero attached hydrogens (tertiary/aromatic N) is 1. The molecule has 1 aliphatic rings. The van der Waals surface area contributed by atoms with Crippen LogP contribution < -0.4 is 5.32 Å². The van der Waals surface area contributed by atoms with Crippen LogP contribution in [0.2, 0.25) is 0 Å². The summed E-state index contributed by atoms with van der Waals surface area (Å²) in [7, 11) is 0. The number of rotatable bonds is 5. The molecule has 1 unspecified atom stereocenters. The fourth-order valence-electron chi connectivity index (χ4n) is 1.94. The van der Waals surface area contributed by atoms with E-state index in [9.17, 15) is 4.79 Å². The van der Waals surface area contributed by atoms with Crippen molar-refractivity contribution < 1.29 is 15.0 Å². The topological polar surface area (TPSA) is 72.8 Å². The van der Waals surface area contributed by atoms with Crippen LogP contribution in [-0.2, 0) is 4.79 Å². The molecule has 0 radical (unpaired) electrons. The number of hydrogen-bond acceptors (Lipinski definition) is 4. The van der Waals surface area contributed by atoms with Crippen molar-refractivity contribution in [2.75, 3.05) is 39.4 Å². The van der Waals surface area contributed by atoms with Gasteiger partial charge < -0.3 is 20.4 Å². The van der Waals surface area contributed by atoms with E-state index in [4.69, 9.17) is 10.2 Å². The van der Waals surface area contributed by atoms with Crippen LogP contribution in [0, 0.1) is 5.41 Å². The number of carbonyl (C=O) groups is 1. The van der Waals surface area contributed by atoms with Gasteiger partial charge in [0.1, 0.15) is 0 Å². The first-order valence-electron chi connectivity index (χ1n) is 5.36. The van der Waals surface area contributed by atoms with Crippen molar-refractivity contribution in [1.82, 2.24) is 10.2 Å². The Morgan fingerprint density at radius 2 is 2.00 bits per heavy atom. The van der Waals surface area contributed by atoms with E-state index in [1.165, 1.54) is 4.90 Å². The molecule has 3 N–H and O–H groups in total. The van der Waals surface area contributed by atoms with E-state index in [1.807, 2.05) is 6.92 Å². The van der Waals surface area contributed by atoms with Gasteiger partial charge in [0.25, 0.3) is 0 Å². The fraction of sp³-hybridized carbons (Fsp3) is 0.900. The molecular weight excluding hydrogens is 196 g/mol. The van der Waals surface area contributed by atoms with Gasteiger partial charge in [0, 0.05) is 19.6 Å². The minimum atomic E-state index is -0.371. The molecule has 0 aromatic carbocycles. The number of hydrogen-bond donors (Lipinski definition) is 3. The maximum atomic E-state index is 12.1. The van der Waals surface area contributed by atoms with Gasteiger partial charge in [0.05, 0.1) is 18.6 Å². The number of carbonyl (C=O) groups excluding carboxylic acids is 1. The van der Waals surface area contributed by atoms with Crippen LogP contribution in [0.15, 0.2) is 0 Å². The highest BCUT2D eigenvalue weighted by Gasteiger charge is 2.38. The van der Waals surface area contributed by atoms with E-state index in [0.717, 1.165) is 13.0 Å². The first kappa shape index (κ1) is 12.4. The Kier molecular flexibility index (Phi) is 4.50. The molecule has 0 aromatic heterocycles. The monoisotopic (exact) mass is 216 g/mol. The smallest absolute Gasteiger partial charge is 0.230 e. The van der Waals surface area contributed by atoms with Crippen LogP contribution in [0.25, 0.3) is 0 Å². The molecule has 0 aromatic rings. The van der Waals surface area contributed by atoms with Gasteiger partial charge in [-0.2, -0.15) is 0 Å². The standard InChI is InChI=1S/C10H20N2O3/c1-10(2-3-11-8-10)9(15)12(4-6-13)5-7-14/h11,13-14H,2-8H2,1H3. The van der Waals surface area contributed by atoms with Crippen LogP contribution in [-0.4, -0.2) is 60.4 Å². The molecule has 1 aliphatic heterocycles. The number of amides is 1. The summed E-state index contributed by atoms with van der Waals surface area (Å²) in [4.78, 5) is 13.6. The second-order valence-corrected chi connectivity index (χ2v) is 4.23. The zero-order chi connectivity index (χ0) is 11.3. The van der Waals surface area contributed by atoms with E-state index in [-0.39, 0.29) is 24.5 Å². The maximum absolute atomic E-state index is 12.1. The average Bonchev–Trinajstić information content (AvgIpc) is 2.65. The largest absolute Gasteiger partial charge is 0.395 e. The molecule has 0 bridgehead atoms. The lowest BCUT2D eigenvalue weighted by Crippen LogP contribution is -2.46. The van der Waals surface area contributed by atoms with Gasteiger partial charge >= 0.3 is 0 Å². The minimum Gasteiger partial charge on any atom is -0.395 e. The summed E-state index contributed by atoms with van der Waals surface area (Å²) in [6.07, 6.45) is 0.819. The van der Waals surface area contributed by atoms with Crippen molar-refractivity contribution in [2.24, 2.45) is 5.41 Å². The van der Waals surface area contributed by atoms with Gasteiger partial charge in [-0.05, 0) is 19.9 Å². The van der Waals surface area contributed by atoms with Crippen molar-refractivity contribution in [1.29, 1.82) is 0 Å². The maximum Gasteiger partial charge on any atom is 0.230 e. The number of nitrogens with one attached hydrogen (secondary N) is 1. The molecule has 1 saturated heterocycles. The van der Waals surface area contributed by atoms with Crippen LogP contribution in [0.1, 0.15) is 13.3 Å². The van der Waals surface area contributed by atoms with Crippen molar-refractivity contribution in [3.8, 4) is 0 Å². The predicted octanol–water partition coefficient (Wildman–Crippen LogP) is -1.20. The highest BCUT2D eigenvalue weighted by molar-refractivity contribution is 5.83. The van der Waals surface area contributed by atoms with Gasteiger partial charge in [0.2, 0.25) is 5.91 Å². The summed E-state index contributed by atoms with van der Waals surface area (Å²) in [6.45, 7) is 3.94. The third-order valence-corrected chi connectivity index (χ3v) is 2.91. The molecule has 1 atom stereocenters. The lowest BCUT2D eigenvalue weighted by molar-refractivity contribution is -0.141. The molecule has 1 fully saturated rings. The van der Waals surface area contributed by atoms with Crippen molar-refractivity contribution in [3.05, 3.63) is 0 Å². The van der Waals surface area contributed by atoms with Gasteiger partial charge in [-0.1, -0.05) is 0 Å². The summed E-state index contributed by atoms with van der Waals surface area (Å²) in [6, 6.07) is 0. The average molecular weight is 216 g/mol. The number of aliphatic hydroxyl groups excluding tert-OH is 2. The van der Waals surface area contributed by atoms with E-state index in [2.05, 4.69) is 5.32 Å². The first-order valence-corrected chi connectivity index (χ1v) is 5.36. The van der Waals surface area contributed by atoms with E-state index < -0.39 is 0 Å². The zero-order valence-electron chi connectivity index (χ0n) is 9.20. The Morgan fingerprint density at radius 1 is 1.40 bits per heavy atom. The molecule has 15 heavy (non-hydrogen) atoms. The van der Waals surface area contributed by atoms with Crippen molar-refractivity contribution in [3.63, 3.8) is 0 Å². The first-order chi connectivity index (χ1) is 7.14. The Bertz CT molecular complexity index is 209. The lowest BCUT2D eigenvalue weighted by Gasteiger charge is -2.30. The lowest BCUT2D eigenvalue weighted by atomic mass is 9.88. The van der Waals surface area contributed by atoms with Crippen LogP contribution in [0.4, 0.5) is 0 Å². The van der Waals surface area contributed by atoms with Gasteiger partial charge in [-0.25, -0.2) is 0 Å². The Hall–Kier alpha value is -0.650. The molecule has 1 rings (SSSR count). The van der Waals surface area contributed by atoms with Crippen molar-refractivity contribution in [2.45, 2.75) is 13.3 Å². The molecule has 5 nitrogen and oxygen atoms in total. The molecule has 1 heterocycles. The summed E-state index contributed by atoms with van der Waals surface area (Å²) < 4.78 is 0. The fourth-order valence-corrected chi connectivity index (χ4v) is 1.94. The third-order valence-electron chi connectivity index (χ3n) is 2.91. The van der Waals surface area contributed by atoms with Gasteiger partial charge in [-0.15, -0.1) is 0 Å². The second kappa shape index (κ2) is 5.44. The molecule has 5 heteroatoms. The summed E-state index contributed by atoms with van der Waals surface area (Å²) in [5, 5.41) is 20.9. The quantitative estimate of drug-likeness (QED) is 0.540. The Morgan fingerprint density at radius 3 is 2.40 bits per heavy atom. The molecule has 1 amide bonds. The molecule has 0 spiro atoms. The minimum absolute atomic E-state index is 0.0237. The van der Waals surface area contributed by atoms with Gasteiger partial charge in [-0.3, -0.25) is 4.79 Å². The van der Waals surface area contributed by atoms with Crippen molar-refractivity contribution >= 4 is 5.91 Å². The molecule has 0 aliphatic carbocycles. The summed E-state index contributed by atoms with van der Waals surface area (Å²) in [5.74, 6) is 0.0237. The van der Waals surface area contributed by atoms with E-state index in [0.29, 0.717) is 19.6 Å². The number of aliphatic hydroxyl groups is 2. The highest BCUT2D eigenvalue weighted by atomic mass is 16.3. The SMILES string of the molecule is CC1(C(=O)N(CCO)CCO)CCNC1. The molecule has 0 saturated carbocycles. The van der Waals surface area contributed by atoms with Gasteiger partial charge in [0.15, 0.2) is 0 Å². The normalized spacial score (nSPS) is 25.5. The zero-order valence-corrected chi connectivity index (χ0v) is 9.20. The van der Waals surface area contributed by atoms with Crippen LogP contribution >= 0.6 is 0 Å². The molecular formula is C10H20N2O3. The Balaban J connectivity index is 2.61. The van der Waals surface area contributed by atoms with E-state index in [1.54, 1.807) is 0 Å². The summed E-state index contributed by atoms with van der Waals surface area (Å²) >= 11 is 0. The van der Waals surface area contributed by atoms with Crippen LogP contribution in [0.5, 0.6) is 0 Å². The molecule has 88 valence electrons. The summed E-state index contributed by atoms with van der Waals surface area (Å²) in [5.41, 5.74) is -0.371. The third kappa shape index (κ3) is 2.90. The highest BCUT2D eigenvalue weighted by Crippen LogP contribution is 2.26. The second-order valence-electron chi connectivity index (χ2n) is 4.23. The predicted molar refractivity (Wildman–Crippen MR) is 56.3 cm³/mol. The Labute approximate surface area is 90.1 Å². The van der Waals surface area contributed by atoms with Crippen LogP contribution in [0.3, 0.4) is 0 Å². The van der Waals surface area contributed by atoms with E-state index >= 15 is 0 Å².